The first kappa shape index (κ1) is 10.3. The van der Waals surface area contributed by atoms with E-state index in [1.165, 1.54) is 11.3 Å². The summed E-state index contributed by atoms with van der Waals surface area (Å²) in [5.41, 5.74) is 1.56. The van der Waals surface area contributed by atoms with Crippen LogP contribution in [0.15, 0.2) is 4.21 Å². The lowest BCUT2D eigenvalue weighted by atomic mass is 9.95. The van der Waals surface area contributed by atoms with E-state index < -0.39 is 10.8 Å². The topological polar surface area (TPSA) is 34.1 Å². The Bertz CT molecular complexity index is 423. The van der Waals surface area contributed by atoms with E-state index in [4.69, 9.17) is 11.6 Å². The number of ketones is 1. The van der Waals surface area contributed by atoms with Crippen molar-refractivity contribution >= 4 is 39.5 Å². The van der Waals surface area contributed by atoms with Gasteiger partial charge < -0.3 is 0 Å². The van der Waals surface area contributed by atoms with Crippen LogP contribution in [0.3, 0.4) is 0 Å². The van der Waals surface area contributed by atoms with E-state index in [1.807, 2.05) is 0 Å². The number of halogens is 1. The highest BCUT2D eigenvalue weighted by Gasteiger charge is 2.27. The smallest absolute Gasteiger partial charge is 0.165 e. The predicted octanol–water partition coefficient (Wildman–Crippen LogP) is 2.66. The van der Waals surface area contributed by atoms with Crippen LogP contribution >= 0.6 is 22.9 Å². The summed E-state index contributed by atoms with van der Waals surface area (Å²) in [5, 5.41) is 0. The minimum absolute atomic E-state index is 0.0969. The molecule has 14 heavy (non-hydrogen) atoms. The summed E-state index contributed by atoms with van der Waals surface area (Å²) in [6, 6.07) is 0. The molecule has 0 aromatic carbocycles. The van der Waals surface area contributed by atoms with E-state index in [1.54, 1.807) is 6.26 Å². The molecule has 1 aliphatic carbocycles. The summed E-state index contributed by atoms with van der Waals surface area (Å²) in [6.07, 6.45) is 3.85. The zero-order valence-electron chi connectivity index (χ0n) is 7.63. The van der Waals surface area contributed by atoms with Gasteiger partial charge in [-0.2, -0.15) is 0 Å². The van der Waals surface area contributed by atoms with E-state index >= 15 is 0 Å². The molecule has 0 saturated heterocycles. The molecular weight excluding hydrogens is 240 g/mol. The fraction of sp³-hybridized carbons (Fsp3) is 0.444. The van der Waals surface area contributed by atoms with E-state index in [9.17, 15) is 9.00 Å². The molecule has 76 valence electrons. The van der Waals surface area contributed by atoms with Gasteiger partial charge in [-0.15, -0.1) is 11.3 Å². The van der Waals surface area contributed by atoms with Crippen LogP contribution < -0.4 is 0 Å². The SMILES string of the molecule is C[S@](=O)c1sc(Cl)c2c1C(=O)CCC2. The van der Waals surface area contributed by atoms with Gasteiger partial charge in [0.05, 0.1) is 15.1 Å². The lowest BCUT2D eigenvalue weighted by Gasteiger charge is -2.10. The molecule has 0 N–H and O–H groups in total. The first-order valence-corrected chi connectivity index (χ1v) is 7.04. The molecule has 0 amide bonds. The fourth-order valence-corrected chi connectivity index (χ4v) is 4.30. The zero-order chi connectivity index (χ0) is 10.3. The molecule has 0 bridgehead atoms. The summed E-state index contributed by atoms with van der Waals surface area (Å²) >= 11 is 7.29. The molecule has 0 fully saturated rings. The van der Waals surface area contributed by atoms with Gasteiger partial charge in [0.1, 0.15) is 4.21 Å². The molecular formula is C9H9ClO2S2. The van der Waals surface area contributed by atoms with Crippen LogP contribution in [0.25, 0.3) is 0 Å². The Kier molecular flexibility index (Phi) is 2.77. The van der Waals surface area contributed by atoms with Crippen molar-refractivity contribution in [3.63, 3.8) is 0 Å². The Balaban J connectivity index is 2.65. The summed E-state index contributed by atoms with van der Waals surface area (Å²) in [7, 11) is -1.11. The Morgan fingerprint density at radius 1 is 1.43 bits per heavy atom. The van der Waals surface area contributed by atoms with Crippen LogP contribution in [0.2, 0.25) is 4.34 Å². The summed E-state index contributed by atoms with van der Waals surface area (Å²) in [6.45, 7) is 0. The Labute approximate surface area is 93.7 Å². The second kappa shape index (κ2) is 3.76. The van der Waals surface area contributed by atoms with E-state index in [2.05, 4.69) is 0 Å². The number of thiophene rings is 1. The van der Waals surface area contributed by atoms with Crippen molar-refractivity contribution in [2.75, 3.05) is 6.26 Å². The van der Waals surface area contributed by atoms with Gasteiger partial charge in [-0.25, -0.2) is 0 Å². The number of Topliss-reactive ketones (excluding diaryl/α,β-unsaturated/α-hetero) is 1. The van der Waals surface area contributed by atoms with Gasteiger partial charge in [0.15, 0.2) is 5.78 Å². The van der Waals surface area contributed by atoms with Crippen molar-refractivity contribution < 1.29 is 9.00 Å². The Hall–Kier alpha value is -0.190. The average Bonchev–Trinajstić information content (AvgIpc) is 2.46. The molecule has 1 aliphatic rings. The third-order valence-corrected chi connectivity index (χ3v) is 5.25. The predicted molar refractivity (Wildman–Crippen MR) is 58.9 cm³/mol. The number of rotatable bonds is 1. The maximum atomic E-state index is 11.6. The molecule has 1 aromatic rings. The van der Waals surface area contributed by atoms with Crippen LogP contribution in [0.5, 0.6) is 0 Å². The Morgan fingerprint density at radius 3 is 2.79 bits per heavy atom. The van der Waals surface area contributed by atoms with Crippen molar-refractivity contribution in [1.29, 1.82) is 0 Å². The van der Waals surface area contributed by atoms with Crippen LogP contribution in [0.4, 0.5) is 0 Å². The van der Waals surface area contributed by atoms with Crippen LogP contribution in [-0.2, 0) is 17.2 Å². The van der Waals surface area contributed by atoms with Gasteiger partial charge in [0, 0.05) is 18.2 Å². The zero-order valence-corrected chi connectivity index (χ0v) is 10.0. The fourth-order valence-electron chi connectivity index (χ4n) is 1.67. The van der Waals surface area contributed by atoms with Crippen molar-refractivity contribution in [3.05, 3.63) is 15.5 Å². The standard InChI is InChI=1S/C9H9ClO2S2/c1-14(12)9-7-5(8(10)13-9)3-2-4-6(7)11/h2-4H2,1H3/t14-/m0/s1. The monoisotopic (exact) mass is 248 g/mol. The number of carbonyl (C=O) groups is 1. The molecule has 0 unspecified atom stereocenters. The minimum atomic E-state index is -1.11. The second-order valence-corrected chi connectivity index (χ2v) is 6.45. The summed E-state index contributed by atoms with van der Waals surface area (Å²) < 4.78 is 12.7. The molecule has 0 aliphatic heterocycles. The van der Waals surface area contributed by atoms with Crippen molar-refractivity contribution in [1.82, 2.24) is 0 Å². The maximum absolute atomic E-state index is 11.6. The normalized spacial score (nSPS) is 18.0. The van der Waals surface area contributed by atoms with Crippen molar-refractivity contribution in [3.8, 4) is 0 Å². The molecule has 2 nitrogen and oxygen atoms in total. The van der Waals surface area contributed by atoms with E-state index in [0.29, 0.717) is 20.5 Å². The first-order valence-electron chi connectivity index (χ1n) is 4.29. The largest absolute Gasteiger partial charge is 0.294 e. The highest BCUT2D eigenvalue weighted by atomic mass is 35.5. The molecule has 1 atom stereocenters. The summed E-state index contributed by atoms with van der Waals surface area (Å²) in [5.74, 6) is 0.0969. The van der Waals surface area contributed by atoms with Crippen LogP contribution in [0.1, 0.15) is 28.8 Å². The average molecular weight is 249 g/mol. The molecule has 0 saturated carbocycles. The van der Waals surface area contributed by atoms with Gasteiger partial charge >= 0.3 is 0 Å². The van der Waals surface area contributed by atoms with Crippen molar-refractivity contribution in [2.24, 2.45) is 0 Å². The first-order chi connectivity index (χ1) is 6.61. The van der Waals surface area contributed by atoms with Gasteiger partial charge in [-0.05, 0) is 18.4 Å². The lowest BCUT2D eigenvalue weighted by Crippen LogP contribution is -2.10. The number of hydrogen-bond acceptors (Lipinski definition) is 3. The minimum Gasteiger partial charge on any atom is -0.294 e. The highest BCUT2D eigenvalue weighted by Crippen LogP contribution is 2.39. The molecule has 0 spiro atoms. The van der Waals surface area contributed by atoms with Crippen LogP contribution in [-0.4, -0.2) is 16.2 Å². The van der Waals surface area contributed by atoms with Crippen LogP contribution in [0, 0.1) is 0 Å². The lowest BCUT2D eigenvalue weighted by molar-refractivity contribution is 0.0970. The summed E-state index contributed by atoms with van der Waals surface area (Å²) in [4.78, 5) is 11.6. The van der Waals surface area contributed by atoms with E-state index in [0.717, 1.165) is 18.4 Å². The van der Waals surface area contributed by atoms with Crippen molar-refractivity contribution in [2.45, 2.75) is 23.5 Å². The van der Waals surface area contributed by atoms with Gasteiger partial charge in [-0.1, -0.05) is 11.6 Å². The third kappa shape index (κ3) is 1.55. The highest BCUT2D eigenvalue weighted by molar-refractivity contribution is 7.86. The molecule has 0 radical (unpaired) electrons. The van der Waals surface area contributed by atoms with Gasteiger partial charge in [-0.3, -0.25) is 9.00 Å². The quantitative estimate of drug-likeness (QED) is 0.766. The molecule has 5 heteroatoms. The van der Waals surface area contributed by atoms with E-state index in [-0.39, 0.29) is 5.78 Å². The Morgan fingerprint density at radius 2 is 2.14 bits per heavy atom. The van der Waals surface area contributed by atoms with Gasteiger partial charge in [0.25, 0.3) is 0 Å². The molecule has 2 rings (SSSR count). The second-order valence-electron chi connectivity index (χ2n) is 3.25. The number of hydrogen-bond donors (Lipinski definition) is 0. The van der Waals surface area contributed by atoms with Gasteiger partial charge in [0.2, 0.25) is 0 Å². The maximum Gasteiger partial charge on any atom is 0.165 e. The number of carbonyl (C=O) groups excluding carboxylic acids is 1. The number of fused-ring (bicyclic) bond motifs is 1. The third-order valence-electron chi connectivity index (χ3n) is 2.30. The molecule has 1 aromatic heterocycles. The molecule has 1 heterocycles.